The Morgan fingerprint density at radius 1 is 1.52 bits per heavy atom. The fourth-order valence-corrected chi connectivity index (χ4v) is 1.91. The lowest BCUT2D eigenvalue weighted by Gasteiger charge is -2.19. The van der Waals surface area contributed by atoms with Gasteiger partial charge in [-0.15, -0.1) is 0 Å². The average molecular weight is 307 g/mol. The van der Waals surface area contributed by atoms with E-state index in [0.29, 0.717) is 22.0 Å². The number of rotatable bonds is 5. The largest absolute Gasteiger partial charge is 0.398 e. The van der Waals surface area contributed by atoms with Gasteiger partial charge in [0.1, 0.15) is 0 Å². The maximum Gasteiger partial charge on any atom is 0.245 e. The lowest BCUT2D eigenvalue weighted by molar-refractivity contribution is -0.134. The van der Waals surface area contributed by atoms with E-state index < -0.39 is 0 Å². The van der Waals surface area contributed by atoms with E-state index in [1.165, 1.54) is 5.01 Å². The Morgan fingerprint density at radius 2 is 2.19 bits per heavy atom. The second-order valence-electron chi connectivity index (χ2n) is 4.94. The molecule has 5 nitrogen and oxygen atoms in total. The first kappa shape index (κ1) is 17.0. The van der Waals surface area contributed by atoms with Crippen molar-refractivity contribution < 1.29 is 4.79 Å². The van der Waals surface area contributed by atoms with Gasteiger partial charge in [0.25, 0.3) is 0 Å². The summed E-state index contributed by atoms with van der Waals surface area (Å²) in [7, 11) is 0. The molecule has 1 rings (SSSR count). The van der Waals surface area contributed by atoms with Crippen LogP contribution in [0.3, 0.4) is 0 Å². The summed E-state index contributed by atoms with van der Waals surface area (Å²) in [4.78, 5) is 12.1. The van der Waals surface area contributed by atoms with E-state index in [-0.39, 0.29) is 24.8 Å². The summed E-state index contributed by atoms with van der Waals surface area (Å²) in [6.07, 6.45) is 0.222. The van der Waals surface area contributed by atoms with E-state index >= 15 is 0 Å². The first-order valence-corrected chi connectivity index (χ1v) is 7.03. The van der Waals surface area contributed by atoms with Crippen LogP contribution < -0.4 is 5.73 Å². The normalized spacial score (nSPS) is 11.3. The Labute approximate surface area is 130 Å². The molecule has 0 spiro atoms. The van der Waals surface area contributed by atoms with Gasteiger partial charge in [0.2, 0.25) is 5.91 Å². The molecule has 1 aromatic rings. The van der Waals surface area contributed by atoms with Gasteiger partial charge in [-0.3, -0.25) is 4.79 Å². The SMILES string of the molecule is C/C(=N\N(CCC#N)C(=O)C(C)C)c1cc(Cl)ccc1N. The van der Waals surface area contributed by atoms with Gasteiger partial charge in [0.05, 0.1) is 24.7 Å². The fraction of sp³-hybridized carbons (Fsp3) is 0.400. The van der Waals surface area contributed by atoms with Crippen molar-refractivity contribution in [1.29, 1.82) is 5.26 Å². The van der Waals surface area contributed by atoms with Crippen LogP contribution in [0.1, 0.15) is 32.8 Å². The molecule has 0 aromatic heterocycles. The maximum absolute atomic E-state index is 12.1. The summed E-state index contributed by atoms with van der Waals surface area (Å²) in [5.74, 6) is -0.331. The number of carbonyl (C=O) groups is 1. The van der Waals surface area contributed by atoms with Crippen LogP contribution in [0.2, 0.25) is 5.02 Å². The molecule has 6 heteroatoms. The van der Waals surface area contributed by atoms with Crippen LogP contribution in [0.5, 0.6) is 0 Å². The predicted molar refractivity (Wildman–Crippen MR) is 84.9 cm³/mol. The molecule has 0 saturated carbocycles. The van der Waals surface area contributed by atoms with Gasteiger partial charge in [0.15, 0.2) is 0 Å². The predicted octanol–water partition coefficient (Wildman–Crippen LogP) is 3.04. The van der Waals surface area contributed by atoms with Gasteiger partial charge < -0.3 is 5.73 Å². The number of anilines is 1. The highest BCUT2D eigenvalue weighted by molar-refractivity contribution is 6.31. The number of nitrogens with two attached hydrogens (primary N) is 1. The molecule has 0 radical (unpaired) electrons. The van der Waals surface area contributed by atoms with Crippen molar-refractivity contribution in [2.45, 2.75) is 27.2 Å². The molecule has 0 heterocycles. The first-order valence-electron chi connectivity index (χ1n) is 6.65. The minimum Gasteiger partial charge on any atom is -0.398 e. The number of halogens is 1. The topological polar surface area (TPSA) is 82.5 Å². The Kier molecular flexibility index (Phi) is 6.19. The Bertz CT molecular complexity index is 590. The van der Waals surface area contributed by atoms with Crippen molar-refractivity contribution in [3.8, 4) is 6.07 Å². The van der Waals surface area contributed by atoms with Gasteiger partial charge in [-0.1, -0.05) is 25.4 Å². The molecule has 0 unspecified atom stereocenters. The van der Waals surface area contributed by atoms with E-state index in [4.69, 9.17) is 22.6 Å². The second kappa shape index (κ2) is 7.65. The third kappa shape index (κ3) is 4.76. The number of hydrazone groups is 1. The van der Waals surface area contributed by atoms with Gasteiger partial charge in [0, 0.05) is 22.2 Å². The molecular formula is C15H19ClN4O. The van der Waals surface area contributed by atoms with E-state index in [0.717, 1.165) is 0 Å². The Hall–Kier alpha value is -2.06. The van der Waals surface area contributed by atoms with Crippen LogP contribution in [0.4, 0.5) is 5.69 Å². The van der Waals surface area contributed by atoms with Gasteiger partial charge >= 0.3 is 0 Å². The third-order valence-electron chi connectivity index (χ3n) is 2.86. The van der Waals surface area contributed by atoms with Gasteiger partial charge in [-0.2, -0.15) is 10.4 Å². The summed E-state index contributed by atoms with van der Waals surface area (Å²) in [5, 5.41) is 14.9. The minimum absolute atomic E-state index is 0.134. The van der Waals surface area contributed by atoms with Crippen molar-refractivity contribution in [2.24, 2.45) is 11.0 Å². The van der Waals surface area contributed by atoms with Crippen LogP contribution in [0, 0.1) is 17.2 Å². The Balaban J connectivity index is 3.11. The summed E-state index contributed by atoms with van der Waals surface area (Å²) in [6.45, 7) is 5.60. The molecule has 0 atom stereocenters. The molecule has 0 bridgehead atoms. The quantitative estimate of drug-likeness (QED) is 0.515. The van der Waals surface area contributed by atoms with Crippen LogP contribution in [0.25, 0.3) is 0 Å². The molecule has 0 aliphatic heterocycles. The van der Waals surface area contributed by atoms with E-state index in [9.17, 15) is 4.79 Å². The van der Waals surface area contributed by atoms with Crippen molar-refractivity contribution in [1.82, 2.24) is 5.01 Å². The third-order valence-corrected chi connectivity index (χ3v) is 3.09. The van der Waals surface area contributed by atoms with E-state index in [1.807, 2.05) is 6.07 Å². The molecule has 1 amide bonds. The summed E-state index contributed by atoms with van der Waals surface area (Å²) >= 11 is 5.96. The summed E-state index contributed by atoms with van der Waals surface area (Å²) in [5.41, 5.74) is 7.71. The summed E-state index contributed by atoms with van der Waals surface area (Å²) < 4.78 is 0. The molecule has 0 saturated heterocycles. The molecule has 0 fully saturated rings. The smallest absolute Gasteiger partial charge is 0.245 e. The van der Waals surface area contributed by atoms with Crippen LogP contribution in [-0.4, -0.2) is 23.2 Å². The van der Waals surface area contributed by atoms with Crippen molar-refractivity contribution >= 4 is 28.9 Å². The fourth-order valence-electron chi connectivity index (χ4n) is 1.74. The zero-order valence-corrected chi connectivity index (χ0v) is 13.2. The number of nitriles is 1. The average Bonchev–Trinajstić information content (AvgIpc) is 2.44. The lowest BCUT2D eigenvalue weighted by atomic mass is 10.1. The van der Waals surface area contributed by atoms with Crippen LogP contribution >= 0.6 is 11.6 Å². The zero-order chi connectivity index (χ0) is 16.0. The van der Waals surface area contributed by atoms with Crippen LogP contribution in [-0.2, 0) is 4.79 Å². The second-order valence-corrected chi connectivity index (χ2v) is 5.38. The highest BCUT2D eigenvalue weighted by atomic mass is 35.5. The Morgan fingerprint density at radius 3 is 2.76 bits per heavy atom. The standard InChI is InChI=1S/C15H19ClN4O/c1-10(2)15(21)20(8-4-7-17)19-11(3)13-9-12(16)5-6-14(13)18/h5-6,9-10H,4,8,18H2,1-3H3/b19-11+. The molecule has 2 N–H and O–H groups in total. The van der Waals surface area contributed by atoms with E-state index in [1.54, 1.807) is 39.0 Å². The van der Waals surface area contributed by atoms with Crippen LogP contribution in [0.15, 0.2) is 23.3 Å². The zero-order valence-electron chi connectivity index (χ0n) is 12.4. The minimum atomic E-state index is -0.197. The van der Waals surface area contributed by atoms with Gasteiger partial charge in [-0.25, -0.2) is 5.01 Å². The number of carbonyl (C=O) groups excluding carboxylic acids is 1. The van der Waals surface area contributed by atoms with Crippen molar-refractivity contribution in [3.63, 3.8) is 0 Å². The lowest BCUT2D eigenvalue weighted by Crippen LogP contribution is -2.31. The number of benzene rings is 1. The van der Waals surface area contributed by atoms with Gasteiger partial charge in [-0.05, 0) is 25.1 Å². The molecule has 0 aliphatic rings. The number of hydrogen-bond donors (Lipinski definition) is 1. The number of nitrogen functional groups attached to an aromatic ring is 1. The van der Waals surface area contributed by atoms with Crippen molar-refractivity contribution in [2.75, 3.05) is 12.3 Å². The number of amides is 1. The molecule has 1 aromatic carbocycles. The maximum atomic E-state index is 12.1. The van der Waals surface area contributed by atoms with E-state index in [2.05, 4.69) is 5.10 Å². The summed E-state index contributed by atoms with van der Waals surface area (Å²) in [6, 6.07) is 7.11. The molecular weight excluding hydrogens is 288 g/mol. The molecule has 21 heavy (non-hydrogen) atoms. The number of nitrogens with zero attached hydrogens (tertiary/aromatic N) is 3. The number of hydrogen-bond acceptors (Lipinski definition) is 4. The first-order chi connectivity index (χ1) is 9.86. The highest BCUT2D eigenvalue weighted by Gasteiger charge is 2.17. The molecule has 0 aliphatic carbocycles. The molecule has 112 valence electrons. The monoisotopic (exact) mass is 306 g/mol. The highest BCUT2D eigenvalue weighted by Crippen LogP contribution is 2.19. The van der Waals surface area contributed by atoms with Crippen molar-refractivity contribution in [3.05, 3.63) is 28.8 Å².